The number of thiazole rings is 1. The van der Waals surface area contributed by atoms with Crippen LogP contribution in [0.5, 0.6) is 0 Å². The van der Waals surface area contributed by atoms with E-state index in [4.69, 9.17) is 16.0 Å². The van der Waals surface area contributed by atoms with E-state index in [1.165, 1.54) is 35.6 Å². The molecule has 4 aromatic rings. The predicted octanol–water partition coefficient (Wildman–Crippen LogP) is 4.90. The largest absolute Gasteiger partial charge is 0.438 e. The van der Waals surface area contributed by atoms with Crippen molar-refractivity contribution in [2.75, 3.05) is 5.32 Å². The van der Waals surface area contributed by atoms with Gasteiger partial charge in [-0.25, -0.2) is 14.4 Å². The van der Waals surface area contributed by atoms with Gasteiger partial charge < -0.3 is 4.42 Å². The molecule has 9 heteroatoms. The Morgan fingerprint density at radius 3 is 2.74 bits per heavy atom. The number of halogens is 2. The van der Waals surface area contributed by atoms with Gasteiger partial charge in [0, 0.05) is 17.1 Å². The number of oxazole rings is 1. The van der Waals surface area contributed by atoms with Gasteiger partial charge >= 0.3 is 0 Å². The summed E-state index contributed by atoms with van der Waals surface area (Å²) < 4.78 is 18.3. The minimum atomic E-state index is -0.514. The van der Waals surface area contributed by atoms with E-state index in [0.717, 1.165) is 6.39 Å². The highest BCUT2D eigenvalue weighted by Gasteiger charge is 2.20. The van der Waals surface area contributed by atoms with Crippen molar-refractivity contribution in [1.29, 1.82) is 0 Å². The first-order valence-corrected chi connectivity index (χ1v) is 8.95. The van der Waals surface area contributed by atoms with Crippen molar-refractivity contribution in [3.63, 3.8) is 0 Å². The minimum absolute atomic E-state index is 0.00854. The number of hydrogen-bond donors (Lipinski definition) is 1. The Bertz CT molecular complexity index is 1110. The second kappa shape index (κ2) is 7.26. The Morgan fingerprint density at radius 2 is 1.96 bits per heavy atom. The number of aromatic nitrogens is 3. The molecular formula is C18H10ClFN4O2S. The zero-order valence-electron chi connectivity index (χ0n) is 13.5. The fourth-order valence-corrected chi connectivity index (χ4v) is 3.30. The van der Waals surface area contributed by atoms with E-state index in [0.29, 0.717) is 32.8 Å². The van der Waals surface area contributed by atoms with Crippen LogP contribution in [-0.2, 0) is 0 Å². The van der Waals surface area contributed by atoms with Crippen LogP contribution in [0.15, 0.2) is 58.8 Å². The number of nitrogens with zero attached hydrogens (tertiary/aromatic N) is 3. The molecule has 1 amide bonds. The number of nitrogens with one attached hydrogen (secondary N) is 1. The molecule has 0 saturated heterocycles. The fourth-order valence-electron chi connectivity index (χ4n) is 2.39. The predicted molar refractivity (Wildman–Crippen MR) is 100 cm³/mol. The van der Waals surface area contributed by atoms with Crippen LogP contribution in [0.4, 0.5) is 9.52 Å². The number of carbonyl (C=O) groups excluding carboxylic acids is 1. The van der Waals surface area contributed by atoms with Crippen molar-refractivity contribution >= 4 is 34.0 Å². The van der Waals surface area contributed by atoms with E-state index in [1.807, 2.05) is 0 Å². The number of carbonyl (C=O) groups is 1. The second-order valence-corrected chi connectivity index (χ2v) is 6.63. The zero-order chi connectivity index (χ0) is 18.8. The second-order valence-electron chi connectivity index (χ2n) is 5.36. The summed E-state index contributed by atoms with van der Waals surface area (Å²) in [6, 6.07) is 9.06. The Kier molecular flexibility index (Phi) is 4.66. The summed E-state index contributed by atoms with van der Waals surface area (Å²) in [5, 5.41) is 5.23. The van der Waals surface area contributed by atoms with Crippen LogP contribution in [0.3, 0.4) is 0 Å². The van der Waals surface area contributed by atoms with Crippen molar-refractivity contribution in [2.24, 2.45) is 0 Å². The van der Waals surface area contributed by atoms with Crippen molar-refractivity contribution < 1.29 is 13.6 Å². The monoisotopic (exact) mass is 400 g/mol. The van der Waals surface area contributed by atoms with Crippen molar-refractivity contribution in [3.05, 3.63) is 71.0 Å². The van der Waals surface area contributed by atoms with Gasteiger partial charge in [0.1, 0.15) is 22.9 Å². The number of benzene rings is 1. The average molecular weight is 401 g/mol. The summed E-state index contributed by atoms with van der Waals surface area (Å²) in [5.74, 6) is -0.884. The molecule has 4 rings (SSSR count). The number of rotatable bonds is 4. The van der Waals surface area contributed by atoms with E-state index in [1.54, 1.807) is 23.7 Å². The molecule has 0 atom stereocenters. The number of amides is 1. The molecule has 0 aliphatic rings. The summed E-state index contributed by atoms with van der Waals surface area (Å²) in [7, 11) is 0. The van der Waals surface area contributed by atoms with Gasteiger partial charge in [0.2, 0.25) is 5.76 Å². The highest BCUT2D eigenvalue weighted by Crippen LogP contribution is 2.29. The molecule has 1 N–H and O–H groups in total. The lowest BCUT2D eigenvalue weighted by Crippen LogP contribution is -2.12. The first-order chi connectivity index (χ1) is 13.1. The molecule has 3 heterocycles. The first-order valence-electron chi connectivity index (χ1n) is 7.69. The topological polar surface area (TPSA) is 80.9 Å². The molecule has 0 spiro atoms. The highest BCUT2D eigenvalue weighted by molar-refractivity contribution is 7.14. The van der Waals surface area contributed by atoms with Gasteiger partial charge in [0.25, 0.3) is 5.91 Å². The molecule has 0 aliphatic heterocycles. The molecule has 0 aliphatic carbocycles. The maximum absolute atomic E-state index is 13.1. The Hall–Kier alpha value is -3.10. The van der Waals surface area contributed by atoms with E-state index in [-0.39, 0.29) is 11.6 Å². The molecule has 0 unspecified atom stereocenters. The lowest BCUT2D eigenvalue weighted by atomic mass is 10.1. The Morgan fingerprint density at radius 1 is 1.15 bits per heavy atom. The van der Waals surface area contributed by atoms with Crippen LogP contribution in [-0.4, -0.2) is 20.9 Å². The van der Waals surface area contributed by atoms with Crippen molar-refractivity contribution in [3.8, 4) is 22.6 Å². The van der Waals surface area contributed by atoms with Crippen LogP contribution >= 0.6 is 22.9 Å². The lowest BCUT2D eigenvalue weighted by molar-refractivity contribution is 0.0997. The van der Waals surface area contributed by atoms with Gasteiger partial charge in [-0.05, 0) is 36.4 Å². The molecule has 27 heavy (non-hydrogen) atoms. The molecule has 1 aromatic carbocycles. The quantitative estimate of drug-likeness (QED) is 0.526. The van der Waals surface area contributed by atoms with Gasteiger partial charge in [0.05, 0.1) is 5.02 Å². The van der Waals surface area contributed by atoms with Crippen LogP contribution in [0.2, 0.25) is 5.02 Å². The Balaban J connectivity index is 1.57. The van der Waals surface area contributed by atoms with Gasteiger partial charge in [0.15, 0.2) is 11.5 Å². The third-order valence-corrected chi connectivity index (χ3v) is 4.68. The maximum Gasteiger partial charge on any atom is 0.295 e. The SMILES string of the molecule is O=C(Nc1nc(-c2ncccc2Cl)cs1)c1ocnc1-c1ccc(F)cc1. The minimum Gasteiger partial charge on any atom is -0.438 e. The number of pyridine rings is 1. The number of hydrogen-bond acceptors (Lipinski definition) is 6. The van der Waals surface area contributed by atoms with E-state index in [2.05, 4.69) is 20.3 Å². The first kappa shape index (κ1) is 17.3. The molecule has 3 aromatic heterocycles. The molecule has 0 radical (unpaired) electrons. The van der Waals surface area contributed by atoms with Crippen LogP contribution < -0.4 is 5.32 Å². The van der Waals surface area contributed by atoms with Crippen LogP contribution in [0.25, 0.3) is 22.6 Å². The van der Waals surface area contributed by atoms with Crippen LogP contribution in [0, 0.1) is 5.82 Å². The standard InChI is InChI=1S/C18H10ClFN4O2S/c19-12-2-1-7-21-15(12)13-8-27-18(23-13)24-17(25)16-14(22-9-26-16)10-3-5-11(20)6-4-10/h1-9H,(H,23,24,25). The van der Waals surface area contributed by atoms with E-state index >= 15 is 0 Å². The smallest absolute Gasteiger partial charge is 0.295 e. The summed E-state index contributed by atoms with van der Waals surface area (Å²) in [6.07, 6.45) is 2.77. The summed E-state index contributed by atoms with van der Waals surface area (Å²) >= 11 is 7.35. The lowest BCUT2D eigenvalue weighted by Gasteiger charge is -2.02. The van der Waals surface area contributed by atoms with Gasteiger partial charge in [-0.15, -0.1) is 11.3 Å². The van der Waals surface area contributed by atoms with E-state index < -0.39 is 5.91 Å². The average Bonchev–Trinajstić information content (AvgIpc) is 3.32. The van der Waals surface area contributed by atoms with Gasteiger partial charge in [-0.3, -0.25) is 15.1 Å². The third kappa shape index (κ3) is 3.57. The van der Waals surface area contributed by atoms with Crippen molar-refractivity contribution in [1.82, 2.24) is 15.0 Å². The van der Waals surface area contributed by atoms with Crippen LogP contribution in [0.1, 0.15) is 10.6 Å². The van der Waals surface area contributed by atoms with Crippen molar-refractivity contribution in [2.45, 2.75) is 0 Å². The summed E-state index contributed by atoms with van der Waals surface area (Å²) in [4.78, 5) is 25.1. The molecular weight excluding hydrogens is 391 g/mol. The van der Waals surface area contributed by atoms with Gasteiger partial charge in [-0.2, -0.15) is 0 Å². The molecule has 6 nitrogen and oxygen atoms in total. The normalized spacial score (nSPS) is 10.7. The third-order valence-electron chi connectivity index (χ3n) is 3.62. The zero-order valence-corrected chi connectivity index (χ0v) is 15.1. The Labute approximate surface area is 161 Å². The highest BCUT2D eigenvalue weighted by atomic mass is 35.5. The summed E-state index contributed by atoms with van der Waals surface area (Å²) in [5.41, 5.74) is 1.97. The van der Waals surface area contributed by atoms with Gasteiger partial charge in [-0.1, -0.05) is 11.6 Å². The number of anilines is 1. The maximum atomic E-state index is 13.1. The molecule has 0 bridgehead atoms. The molecule has 0 saturated carbocycles. The summed E-state index contributed by atoms with van der Waals surface area (Å²) in [6.45, 7) is 0. The van der Waals surface area contributed by atoms with E-state index in [9.17, 15) is 9.18 Å². The molecule has 0 fully saturated rings. The molecule has 134 valence electrons. The fraction of sp³-hybridized carbons (Fsp3) is 0.